The van der Waals surface area contributed by atoms with Crippen LogP contribution in [0.4, 0.5) is 10.5 Å². The molecule has 0 spiro atoms. The van der Waals surface area contributed by atoms with E-state index in [0.29, 0.717) is 11.4 Å². The van der Waals surface area contributed by atoms with Crippen molar-refractivity contribution in [1.82, 2.24) is 10.6 Å². The van der Waals surface area contributed by atoms with Crippen LogP contribution in [0.15, 0.2) is 24.3 Å². The van der Waals surface area contributed by atoms with E-state index in [1.165, 1.54) is 18.9 Å². The highest BCUT2D eigenvalue weighted by molar-refractivity contribution is 6.00. The Hall–Kier alpha value is -3.10. The van der Waals surface area contributed by atoms with E-state index in [-0.39, 0.29) is 25.5 Å². The highest BCUT2D eigenvalue weighted by Gasteiger charge is 2.27. The molecule has 1 aliphatic heterocycles. The van der Waals surface area contributed by atoms with Gasteiger partial charge in [-0.3, -0.25) is 24.6 Å². The highest BCUT2D eigenvalue weighted by atomic mass is 16.5. The van der Waals surface area contributed by atoms with Crippen molar-refractivity contribution >= 4 is 29.5 Å². The minimum Gasteiger partial charge on any atom is -0.491 e. The molecular weight excluding hydrogens is 330 g/mol. The molecule has 9 nitrogen and oxygen atoms in total. The van der Waals surface area contributed by atoms with Crippen LogP contribution in [-0.4, -0.2) is 50.1 Å². The van der Waals surface area contributed by atoms with Gasteiger partial charge in [0, 0.05) is 7.05 Å². The molecule has 0 unspecified atom stereocenters. The lowest BCUT2D eigenvalue weighted by Gasteiger charge is -2.21. The highest BCUT2D eigenvalue weighted by Crippen LogP contribution is 2.30. The number of carbonyl (C=O) groups is 4. The van der Waals surface area contributed by atoms with Gasteiger partial charge in [0.25, 0.3) is 5.91 Å². The van der Waals surface area contributed by atoms with Gasteiger partial charge in [-0.1, -0.05) is 12.1 Å². The number of nitrogens with one attached hydrogen (secondary N) is 2. The summed E-state index contributed by atoms with van der Waals surface area (Å²) in [7, 11) is 1.35. The second kappa shape index (κ2) is 8.13. The third kappa shape index (κ3) is 4.69. The van der Waals surface area contributed by atoms with Crippen LogP contribution in [0.25, 0.3) is 0 Å². The van der Waals surface area contributed by atoms with Crippen molar-refractivity contribution in [1.29, 1.82) is 0 Å². The molecule has 0 fully saturated rings. The summed E-state index contributed by atoms with van der Waals surface area (Å²) < 4.78 is 10.5. The second-order valence-corrected chi connectivity index (χ2v) is 5.25. The van der Waals surface area contributed by atoms with E-state index < -0.39 is 24.0 Å². The van der Waals surface area contributed by atoms with E-state index in [1.807, 2.05) is 5.32 Å². The topological polar surface area (TPSA) is 114 Å². The lowest BCUT2D eigenvalue weighted by molar-refractivity contribution is -0.153. The van der Waals surface area contributed by atoms with Gasteiger partial charge in [0.15, 0.2) is 6.10 Å². The Balaban J connectivity index is 2.03. The summed E-state index contributed by atoms with van der Waals surface area (Å²) in [4.78, 5) is 48.4. The van der Waals surface area contributed by atoms with Crippen LogP contribution in [0.5, 0.6) is 5.75 Å². The fraction of sp³-hybridized carbons (Fsp3) is 0.375. The Kier molecular flexibility index (Phi) is 5.93. The van der Waals surface area contributed by atoms with E-state index in [1.54, 1.807) is 24.3 Å². The Bertz CT molecular complexity index is 690. The molecule has 0 radical (unpaired) electrons. The number of esters is 1. The number of imide groups is 1. The lowest BCUT2D eigenvalue weighted by atomic mass is 10.2. The fourth-order valence-corrected chi connectivity index (χ4v) is 2.19. The van der Waals surface area contributed by atoms with E-state index in [0.717, 1.165) is 0 Å². The summed E-state index contributed by atoms with van der Waals surface area (Å²) in [5.41, 5.74) is 0.462. The molecule has 134 valence electrons. The molecule has 0 aliphatic carbocycles. The smallest absolute Gasteiger partial charge is 0.326 e. The van der Waals surface area contributed by atoms with Gasteiger partial charge in [-0.15, -0.1) is 0 Å². The normalized spacial score (nSPS) is 14.5. The molecule has 1 aliphatic rings. The first-order valence-corrected chi connectivity index (χ1v) is 7.66. The summed E-state index contributed by atoms with van der Waals surface area (Å²) in [5.74, 6) is -1.33. The number of nitrogens with zero attached hydrogens (tertiary/aromatic N) is 1. The summed E-state index contributed by atoms with van der Waals surface area (Å²) in [6.07, 6.45) is -1.06. The third-order valence-electron chi connectivity index (χ3n) is 3.46. The molecule has 2 rings (SSSR count). The molecule has 9 heteroatoms. The summed E-state index contributed by atoms with van der Waals surface area (Å²) in [5, 5.41) is 4.22. The zero-order chi connectivity index (χ0) is 18.4. The van der Waals surface area contributed by atoms with Gasteiger partial charge in [-0.05, 0) is 19.1 Å². The zero-order valence-corrected chi connectivity index (χ0v) is 13.9. The maximum atomic E-state index is 12.2. The van der Waals surface area contributed by atoms with E-state index in [2.05, 4.69) is 5.32 Å². The van der Waals surface area contributed by atoms with E-state index in [4.69, 9.17) is 9.47 Å². The number of carbonyl (C=O) groups excluding carboxylic acids is 4. The van der Waals surface area contributed by atoms with E-state index >= 15 is 0 Å². The lowest BCUT2D eigenvalue weighted by Crippen LogP contribution is -2.44. The first-order chi connectivity index (χ1) is 11.9. The number of rotatable bonds is 4. The summed E-state index contributed by atoms with van der Waals surface area (Å²) in [6, 6.07) is 6.13. The van der Waals surface area contributed by atoms with Crippen molar-refractivity contribution in [3.8, 4) is 5.75 Å². The van der Waals surface area contributed by atoms with Gasteiger partial charge in [-0.2, -0.15) is 0 Å². The maximum absolute atomic E-state index is 12.2. The SMILES string of the molecule is CNC(=O)NC(=O)[C@H](C)OC(=O)CN1C(=O)CCOc2ccccc21. The molecule has 0 aromatic heterocycles. The van der Waals surface area contributed by atoms with Crippen molar-refractivity contribution in [2.24, 2.45) is 0 Å². The zero-order valence-electron chi connectivity index (χ0n) is 13.9. The largest absolute Gasteiger partial charge is 0.491 e. The predicted molar refractivity (Wildman–Crippen MR) is 87.1 cm³/mol. The minimum atomic E-state index is -1.18. The molecule has 4 amide bonds. The number of ether oxygens (including phenoxy) is 2. The van der Waals surface area contributed by atoms with Gasteiger partial charge < -0.3 is 14.8 Å². The van der Waals surface area contributed by atoms with Crippen molar-refractivity contribution < 1.29 is 28.7 Å². The standard InChI is InChI=1S/C16H19N3O6/c1-10(15(22)18-16(23)17-2)25-14(21)9-19-11-5-3-4-6-12(11)24-8-7-13(19)20/h3-6,10H,7-9H2,1-2H3,(H2,17,18,22,23)/t10-/m0/s1. The van der Waals surface area contributed by atoms with Gasteiger partial charge >= 0.3 is 12.0 Å². The van der Waals surface area contributed by atoms with Gasteiger partial charge in [0.05, 0.1) is 18.7 Å². The Morgan fingerprint density at radius 1 is 1.32 bits per heavy atom. The summed E-state index contributed by atoms with van der Waals surface area (Å²) >= 11 is 0. The number of hydrogen-bond donors (Lipinski definition) is 2. The van der Waals surface area contributed by atoms with Crippen molar-refractivity contribution in [2.45, 2.75) is 19.4 Å². The molecule has 1 atom stereocenters. The first kappa shape index (κ1) is 18.2. The second-order valence-electron chi connectivity index (χ2n) is 5.25. The molecular formula is C16H19N3O6. The third-order valence-corrected chi connectivity index (χ3v) is 3.46. The molecule has 0 saturated heterocycles. The first-order valence-electron chi connectivity index (χ1n) is 7.66. The van der Waals surface area contributed by atoms with Crippen LogP contribution in [0, 0.1) is 0 Å². The van der Waals surface area contributed by atoms with Crippen LogP contribution in [-0.2, 0) is 19.1 Å². The fourth-order valence-electron chi connectivity index (χ4n) is 2.19. The summed E-state index contributed by atoms with van der Waals surface area (Å²) in [6.45, 7) is 1.18. The molecule has 1 aromatic carbocycles. The van der Waals surface area contributed by atoms with Crippen LogP contribution in [0.2, 0.25) is 0 Å². The maximum Gasteiger partial charge on any atom is 0.326 e. The number of fused-ring (bicyclic) bond motifs is 1. The minimum absolute atomic E-state index is 0.120. The molecule has 1 aromatic rings. The average molecular weight is 349 g/mol. The monoisotopic (exact) mass is 349 g/mol. The number of para-hydroxylation sites is 2. The number of urea groups is 1. The van der Waals surface area contributed by atoms with Crippen molar-refractivity contribution in [2.75, 3.05) is 25.1 Å². The Morgan fingerprint density at radius 2 is 2.04 bits per heavy atom. The molecule has 2 N–H and O–H groups in total. The van der Waals surface area contributed by atoms with Crippen LogP contribution >= 0.6 is 0 Å². The molecule has 25 heavy (non-hydrogen) atoms. The van der Waals surface area contributed by atoms with Gasteiger partial charge in [0.2, 0.25) is 5.91 Å². The predicted octanol–water partition coefficient (Wildman–Crippen LogP) is 0.189. The number of amides is 4. The van der Waals surface area contributed by atoms with Crippen molar-refractivity contribution in [3.63, 3.8) is 0 Å². The molecule has 0 bridgehead atoms. The van der Waals surface area contributed by atoms with Crippen molar-refractivity contribution in [3.05, 3.63) is 24.3 Å². The van der Waals surface area contributed by atoms with Gasteiger partial charge in [0.1, 0.15) is 12.3 Å². The number of hydrogen-bond acceptors (Lipinski definition) is 6. The van der Waals surface area contributed by atoms with E-state index in [9.17, 15) is 19.2 Å². The Morgan fingerprint density at radius 3 is 2.76 bits per heavy atom. The van der Waals surface area contributed by atoms with Gasteiger partial charge in [-0.25, -0.2) is 4.79 Å². The molecule has 1 heterocycles. The quantitative estimate of drug-likeness (QED) is 0.750. The molecule has 0 saturated carbocycles. The number of benzene rings is 1. The van der Waals surface area contributed by atoms with Crippen LogP contribution < -0.4 is 20.3 Å². The number of anilines is 1. The van der Waals surface area contributed by atoms with Crippen LogP contribution in [0.3, 0.4) is 0 Å². The Labute approximate surface area is 144 Å². The van der Waals surface area contributed by atoms with Crippen LogP contribution in [0.1, 0.15) is 13.3 Å². The average Bonchev–Trinajstić information content (AvgIpc) is 2.74.